The van der Waals surface area contributed by atoms with Crippen LogP contribution in [-0.2, 0) is 9.84 Å². The highest BCUT2D eigenvalue weighted by Gasteiger charge is 2.30. The van der Waals surface area contributed by atoms with Crippen molar-refractivity contribution in [2.45, 2.75) is 17.4 Å². The lowest BCUT2D eigenvalue weighted by Gasteiger charge is -2.27. The van der Waals surface area contributed by atoms with Crippen molar-refractivity contribution in [2.24, 2.45) is 0 Å². The Kier molecular flexibility index (Phi) is 4.16. The summed E-state index contributed by atoms with van der Waals surface area (Å²) in [6.45, 7) is 0. The molecule has 6 heteroatoms. The van der Waals surface area contributed by atoms with Crippen LogP contribution in [0, 0.1) is 3.57 Å². The molecule has 1 unspecified atom stereocenters. The van der Waals surface area contributed by atoms with Crippen LogP contribution in [0.2, 0.25) is 5.02 Å². The van der Waals surface area contributed by atoms with Gasteiger partial charge in [0.25, 0.3) is 0 Å². The highest BCUT2D eigenvalue weighted by Crippen LogP contribution is 2.35. The van der Waals surface area contributed by atoms with Crippen molar-refractivity contribution in [2.75, 3.05) is 11.1 Å². The molecule has 3 nitrogen and oxygen atoms in total. The van der Waals surface area contributed by atoms with E-state index in [1.54, 1.807) is 12.1 Å². The predicted octanol–water partition coefficient (Wildman–Crippen LogP) is 4.28. The summed E-state index contributed by atoms with van der Waals surface area (Å²) in [5, 5.41) is 4.13. The van der Waals surface area contributed by atoms with Gasteiger partial charge in [0.2, 0.25) is 0 Å². The smallest absolute Gasteiger partial charge is 0.178 e. The third-order valence-electron chi connectivity index (χ3n) is 3.57. The molecule has 1 N–H and O–H groups in total. The van der Waals surface area contributed by atoms with E-state index < -0.39 is 9.84 Å². The van der Waals surface area contributed by atoms with E-state index in [0.717, 1.165) is 14.8 Å². The second-order valence-electron chi connectivity index (χ2n) is 4.97. The quantitative estimate of drug-likeness (QED) is 0.719. The van der Waals surface area contributed by atoms with Gasteiger partial charge in [-0.15, -0.1) is 0 Å². The minimum Gasteiger partial charge on any atom is -0.377 e. The average molecular weight is 434 g/mol. The van der Waals surface area contributed by atoms with E-state index in [4.69, 9.17) is 11.6 Å². The van der Waals surface area contributed by atoms with Crippen LogP contribution in [0.4, 0.5) is 5.69 Å². The summed E-state index contributed by atoms with van der Waals surface area (Å²) in [7, 11) is -3.15. The maximum absolute atomic E-state index is 12.1. The molecular formula is C15H13ClINO2S. The molecule has 110 valence electrons. The van der Waals surface area contributed by atoms with Crippen molar-refractivity contribution < 1.29 is 8.42 Å². The summed E-state index contributed by atoms with van der Waals surface area (Å²) in [5.74, 6) is 0.172. The van der Waals surface area contributed by atoms with Gasteiger partial charge in [0.15, 0.2) is 9.84 Å². The molecular weight excluding hydrogens is 421 g/mol. The van der Waals surface area contributed by atoms with E-state index in [1.165, 1.54) is 0 Å². The molecule has 0 fully saturated rings. The first-order chi connectivity index (χ1) is 9.97. The molecule has 0 spiro atoms. The summed E-state index contributed by atoms with van der Waals surface area (Å²) in [6, 6.07) is 12.9. The first-order valence-electron chi connectivity index (χ1n) is 6.51. The maximum Gasteiger partial charge on any atom is 0.178 e. The van der Waals surface area contributed by atoms with Gasteiger partial charge in [0.1, 0.15) is 0 Å². The van der Waals surface area contributed by atoms with Crippen LogP contribution < -0.4 is 5.32 Å². The first-order valence-corrected chi connectivity index (χ1v) is 9.61. The van der Waals surface area contributed by atoms with Gasteiger partial charge < -0.3 is 5.32 Å². The monoisotopic (exact) mass is 433 g/mol. The number of sulfone groups is 1. The molecule has 0 amide bonds. The summed E-state index contributed by atoms with van der Waals surface area (Å²) < 4.78 is 25.3. The fourth-order valence-electron chi connectivity index (χ4n) is 2.53. The largest absolute Gasteiger partial charge is 0.377 e. The van der Waals surface area contributed by atoms with Crippen molar-refractivity contribution in [3.63, 3.8) is 0 Å². The number of fused-ring (bicyclic) bond motifs is 1. The van der Waals surface area contributed by atoms with Crippen LogP contribution >= 0.6 is 34.2 Å². The predicted molar refractivity (Wildman–Crippen MR) is 93.6 cm³/mol. The zero-order valence-corrected chi connectivity index (χ0v) is 14.7. The van der Waals surface area contributed by atoms with E-state index in [0.29, 0.717) is 16.3 Å². The SMILES string of the molecule is O=S1(=O)CCC(Nc2ccc(Cl)cc2I)c2ccccc21. The fraction of sp³-hybridized carbons (Fsp3) is 0.200. The van der Waals surface area contributed by atoms with Gasteiger partial charge in [-0.1, -0.05) is 29.8 Å². The molecule has 0 saturated heterocycles. The number of halogens is 2. The minimum atomic E-state index is -3.15. The van der Waals surface area contributed by atoms with Gasteiger partial charge >= 0.3 is 0 Å². The van der Waals surface area contributed by atoms with Crippen molar-refractivity contribution >= 4 is 49.7 Å². The molecule has 3 rings (SSSR count). The summed E-state index contributed by atoms with van der Waals surface area (Å²) in [4.78, 5) is 0.442. The lowest BCUT2D eigenvalue weighted by molar-refractivity contribution is 0.576. The number of anilines is 1. The van der Waals surface area contributed by atoms with E-state index in [1.807, 2.05) is 30.3 Å². The van der Waals surface area contributed by atoms with Crippen LogP contribution in [0.5, 0.6) is 0 Å². The Hall–Kier alpha value is -0.790. The molecule has 2 aromatic rings. The van der Waals surface area contributed by atoms with E-state index >= 15 is 0 Å². The van der Waals surface area contributed by atoms with Gasteiger partial charge in [-0.2, -0.15) is 0 Å². The van der Waals surface area contributed by atoms with Crippen LogP contribution in [-0.4, -0.2) is 14.2 Å². The van der Waals surface area contributed by atoms with E-state index in [-0.39, 0.29) is 11.8 Å². The zero-order chi connectivity index (χ0) is 15.0. The van der Waals surface area contributed by atoms with Crippen LogP contribution in [0.3, 0.4) is 0 Å². The number of nitrogens with one attached hydrogen (secondary N) is 1. The molecule has 2 aromatic carbocycles. The molecule has 0 saturated carbocycles. The molecule has 1 heterocycles. The number of benzene rings is 2. The second kappa shape index (κ2) is 5.78. The number of hydrogen-bond acceptors (Lipinski definition) is 3. The van der Waals surface area contributed by atoms with Gasteiger partial charge in [0.05, 0.1) is 16.7 Å². The molecule has 0 radical (unpaired) electrons. The Morgan fingerprint density at radius 2 is 1.95 bits per heavy atom. The Morgan fingerprint density at radius 1 is 1.19 bits per heavy atom. The van der Waals surface area contributed by atoms with Crippen molar-refractivity contribution in [3.05, 3.63) is 56.6 Å². The Bertz CT molecular complexity index is 792. The lowest BCUT2D eigenvalue weighted by atomic mass is 10.0. The number of rotatable bonds is 2. The first kappa shape index (κ1) is 15.1. The van der Waals surface area contributed by atoms with Gasteiger partial charge in [-0.05, 0) is 58.8 Å². The minimum absolute atomic E-state index is 0.000540. The Balaban J connectivity index is 1.97. The highest BCUT2D eigenvalue weighted by atomic mass is 127. The molecule has 0 bridgehead atoms. The normalized spacial score (nSPS) is 19.8. The topological polar surface area (TPSA) is 46.2 Å². The summed E-state index contributed by atoms with van der Waals surface area (Å²) in [6.07, 6.45) is 0.568. The fourth-order valence-corrected chi connectivity index (χ4v) is 5.18. The van der Waals surface area contributed by atoms with Crippen molar-refractivity contribution in [1.29, 1.82) is 0 Å². The maximum atomic E-state index is 12.1. The van der Waals surface area contributed by atoms with Crippen molar-refractivity contribution in [3.8, 4) is 0 Å². The zero-order valence-electron chi connectivity index (χ0n) is 11.0. The molecule has 21 heavy (non-hydrogen) atoms. The summed E-state index contributed by atoms with van der Waals surface area (Å²) >= 11 is 8.19. The van der Waals surface area contributed by atoms with Gasteiger partial charge in [-0.25, -0.2) is 8.42 Å². The van der Waals surface area contributed by atoms with Crippen LogP contribution in [0.15, 0.2) is 47.4 Å². The molecule has 1 aliphatic heterocycles. The molecule has 0 aliphatic carbocycles. The van der Waals surface area contributed by atoms with E-state index in [2.05, 4.69) is 27.9 Å². The lowest BCUT2D eigenvalue weighted by Crippen LogP contribution is -2.24. The number of hydrogen-bond donors (Lipinski definition) is 1. The summed E-state index contributed by atoms with van der Waals surface area (Å²) in [5.41, 5.74) is 1.81. The Morgan fingerprint density at radius 3 is 2.71 bits per heavy atom. The van der Waals surface area contributed by atoms with Crippen LogP contribution in [0.1, 0.15) is 18.0 Å². The third kappa shape index (κ3) is 3.05. The molecule has 0 aromatic heterocycles. The average Bonchev–Trinajstić information content (AvgIpc) is 2.45. The van der Waals surface area contributed by atoms with Crippen molar-refractivity contribution in [1.82, 2.24) is 0 Å². The molecule has 1 atom stereocenters. The third-order valence-corrected chi connectivity index (χ3v) is 6.51. The molecule has 1 aliphatic rings. The van der Waals surface area contributed by atoms with Gasteiger partial charge in [0, 0.05) is 14.3 Å². The van der Waals surface area contributed by atoms with Crippen LogP contribution in [0.25, 0.3) is 0 Å². The Labute approximate surface area is 142 Å². The highest BCUT2D eigenvalue weighted by molar-refractivity contribution is 14.1. The standard InChI is InChI=1S/C15H13ClINO2S/c16-10-5-6-14(12(17)9-10)18-13-7-8-21(19,20)15-4-2-1-3-11(13)15/h1-6,9,13,18H,7-8H2. The van der Waals surface area contributed by atoms with E-state index in [9.17, 15) is 8.42 Å². The van der Waals surface area contributed by atoms with Gasteiger partial charge in [-0.3, -0.25) is 0 Å². The second-order valence-corrected chi connectivity index (χ2v) is 8.64.